The Balaban J connectivity index is 1.74. The van der Waals surface area contributed by atoms with Gasteiger partial charge in [-0.05, 0) is 37.4 Å². The SMILES string of the molecule is NCC1CCN(C(=O)c2csc(-c3ccc(Cl)c(Cl)c3)n2)CC1. The lowest BCUT2D eigenvalue weighted by Gasteiger charge is -2.30. The number of amides is 1. The van der Waals surface area contributed by atoms with Crippen LogP contribution >= 0.6 is 34.5 Å². The van der Waals surface area contributed by atoms with E-state index >= 15 is 0 Å². The Bertz CT molecular complexity index is 711. The predicted molar refractivity (Wildman–Crippen MR) is 95.3 cm³/mol. The molecule has 7 heteroatoms. The van der Waals surface area contributed by atoms with Crippen LogP contribution in [0.2, 0.25) is 10.0 Å². The summed E-state index contributed by atoms with van der Waals surface area (Å²) in [5, 5.41) is 3.56. The summed E-state index contributed by atoms with van der Waals surface area (Å²) < 4.78 is 0. The molecule has 2 aromatic rings. The molecule has 0 bridgehead atoms. The highest BCUT2D eigenvalue weighted by Crippen LogP contribution is 2.30. The van der Waals surface area contributed by atoms with Crippen molar-refractivity contribution in [1.82, 2.24) is 9.88 Å². The molecular weight excluding hydrogens is 353 g/mol. The molecule has 0 radical (unpaired) electrons. The van der Waals surface area contributed by atoms with Crippen LogP contribution in [0.1, 0.15) is 23.3 Å². The van der Waals surface area contributed by atoms with E-state index in [-0.39, 0.29) is 5.91 Å². The number of benzene rings is 1. The first-order chi connectivity index (χ1) is 11.1. The van der Waals surface area contributed by atoms with Gasteiger partial charge in [0.1, 0.15) is 10.7 Å². The molecule has 1 saturated heterocycles. The number of likely N-dealkylation sites (tertiary alicyclic amines) is 1. The maximum Gasteiger partial charge on any atom is 0.273 e. The number of thiazole rings is 1. The molecule has 1 fully saturated rings. The normalized spacial score (nSPS) is 15.9. The fourth-order valence-electron chi connectivity index (χ4n) is 2.67. The third-order valence-corrected chi connectivity index (χ3v) is 5.76. The minimum absolute atomic E-state index is 0.0111. The molecule has 1 aromatic carbocycles. The van der Waals surface area contributed by atoms with E-state index < -0.39 is 0 Å². The number of halogens is 2. The van der Waals surface area contributed by atoms with Crippen LogP contribution in [0, 0.1) is 5.92 Å². The molecule has 122 valence electrons. The lowest BCUT2D eigenvalue weighted by atomic mass is 9.97. The molecule has 23 heavy (non-hydrogen) atoms. The van der Waals surface area contributed by atoms with Crippen LogP contribution < -0.4 is 5.73 Å². The summed E-state index contributed by atoms with van der Waals surface area (Å²) in [6.45, 7) is 2.20. The van der Waals surface area contributed by atoms with Gasteiger partial charge in [0.15, 0.2) is 0 Å². The van der Waals surface area contributed by atoms with E-state index in [9.17, 15) is 4.79 Å². The van der Waals surface area contributed by atoms with Crippen molar-refractivity contribution in [3.8, 4) is 10.6 Å². The number of rotatable bonds is 3. The van der Waals surface area contributed by atoms with Gasteiger partial charge in [-0.3, -0.25) is 4.79 Å². The van der Waals surface area contributed by atoms with Crippen LogP contribution in [-0.4, -0.2) is 35.4 Å². The number of hydrogen-bond acceptors (Lipinski definition) is 4. The number of hydrogen-bond donors (Lipinski definition) is 1. The fourth-order valence-corrected chi connectivity index (χ4v) is 3.76. The van der Waals surface area contributed by atoms with Gasteiger partial charge in [0.05, 0.1) is 10.0 Å². The minimum atomic E-state index is -0.0111. The van der Waals surface area contributed by atoms with E-state index in [1.54, 1.807) is 17.5 Å². The van der Waals surface area contributed by atoms with Crippen LogP contribution in [-0.2, 0) is 0 Å². The molecule has 2 N–H and O–H groups in total. The van der Waals surface area contributed by atoms with Crippen LogP contribution in [0.4, 0.5) is 0 Å². The summed E-state index contributed by atoms with van der Waals surface area (Å²) in [6, 6.07) is 5.36. The van der Waals surface area contributed by atoms with Gasteiger partial charge in [-0.15, -0.1) is 11.3 Å². The summed E-state index contributed by atoms with van der Waals surface area (Å²) >= 11 is 13.4. The molecular formula is C16H17Cl2N3OS. The largest absolute Gasteiger partial charge is 0.337 e. The van der Waals surface area contributed by atoms with Crippen LogP contribution in [0.15, 0.2) is 23.6 Å². The van der Waals surface area contributed by atoms with E-state index in [2.05, 4.69) is 4.98 Å². The number of piperidine rings is 1. The van der Waals surface area contributed by atoms with Gasteiger partial charge in [0, 0.05) is 24.0 Å². The second-order valence-electron chi connectivity index (χ2n) is 5.64. The number of carbonyl (C=O) groups excluding carboxylic acids is 1. The fraction of sp³-hybridized carbons (Fsp3) is 0.375. The van der Waals surface area contributed by atoms with Crippen molar-refractivity contribution in [2.45, 2.75) is 12.8 Å². The van der Waals surface area contributed by atoms with Gasteiger partial charge < -0.3 is 10.6 Å². The zero-order chi connectivity index (χ0) is 16.4. The highest BCUT2D eigenvalue weighted by atomic mass is 35.5. The van der Waals surface area contributed by atoms with Crippen molar-refractivity contribution < 1.29 is 4.79 Å². The third kappa shape index (κ3) is 3.69. The Morgan fingerprint density at radius 3 is 2.70 bits per heavy atom. The molecule has 2 heterocycles. The van der Waals surface area contributed by atoms with Crippen molar-refractivity contribution in [1.29, 1.82) is 0 Å². The third-order valence-electron chi connectivity index (χ3n) is 4.12. The van der Waals surface area contributed by atoms with Crippen molar-refractivity contribution in [3.63, 3.8) is 0 Å². The quantitative estimate of drug-likeness (QED) is 0.891. The molecule has 3 rings (SSSR count). The maximum atomic E-state index is 12.6. The van der Waals surface area contributed by atoms with Gasteiger partial charge in [-0.25, -0.2) is 4.98 Å². The molecule has 1 amide bonds. The molecule has 0 spiro atoms. The number of aromatic nitrogens is 1. The van der Waals surface area contributed by atoms with Gasteiger partial charge in [0.2, 0.25) is 0 Å². The van der Waals surface area contributed by atoms with Crippen LogP contribution in [0.5, 0.6) is 0 Å². The van der Waals surface area contributed by atoms with Gasteiger partial charge >= 0.3 is 0 Å². The molecule has 0 atom stereocenters. The highest BCUT2D eigenvalue weighted by Gasteiger charge is 2.24. The molecule has 1 aliphatic heterocycles. The van der Waals surface area contributed by atoms with Crippen LogP contribution in [0.25, 0.3) is 10.6 Å². The molecule has 0 aliphatic carbocycles. The summed E-state index contributed by atoms with van der Waals surface area (Å²) in [7, 11) is 0. The molecule has 1 aliphatic rings. The first-order valence-corrected chi connectivity index (χ1v) is 9.12. The van der Waals surface area contributed by atoms with E-state index in [1.807, 2.05) is 11.0 Å². The van der Waals surface area contributed by atoms with Crippen molar-refractivity contribution >= 4 is 40.4 Å². The van der Waals surface area contributed by atoms with Gasteiger partial charge in [-0.1, -0.05) is 29.3 Å². The first-order valence-electron chi connectivity index (χ1n) is 7.48. The monoisotopic (exact) mass is 369 g/mol. The van der Waals surface area contributed by atoms with E-state index in [0.29, 0.717) is 28.2 Å². The Morgan fingerprint density at radius 2 is 2.04 bits per heavy atom. The molecule has 0 saturated carbocycles. The molecule has 0 unspecified atom stereocenters. The second-order valence-corrected chi connectivity index (χ2v) is 7.31. The van der Waals surface area contributed by atoms with Crippen molar-refractivity contribution in [2.75, 3.05) is 19.6 Å². The van der Waals surface area contributed by atoms with Gasteiger partial charge in [0.25, 0.3) is 5.91 Å². The minimum Gasteiger partial charge on any atom is -0.337 e. The summed E-state index contributed by atoms with van der Waals surface area (Å²) in [5.74, 6) is 0.518. The zero-order valence-electron chi connectivity index (χ0n) is 12.5. The van der Waals surface area contributed by atoms with E-state index in [0.717, 1.165) is 36.5 Å². The Kier molecular flexibility index (Phi) is 5.21. The van der Waals surface area contributed by atoms with Crippen LogP contribution in [0.3, 0.4) is 0 Å². The Morgan fingerprint density at radius 1 is 1.30 bits per heavy atom. The Labute approximate surface area is 149 Å². The summed E-state index contributed by atoms with van der Waals surface area (Å²) in [5.41, 5.74) is 7.05. The lowest BCUT2D eigenvalue weighted by molar-refractivity contribution is 0.0688. The van der Waals surface area contributed by atoms with E-state index in [4.69, 9.17) is 28.9 Å². The number of nitrogens with two attached hydrogens (primary N) is 1. The topological polar surface area (TPSA) is 59.2 Å². The second kappa shape index (κ2) is 7.18. The van der Waals surface area contributed by atoms with Crippen molar-refractivity contribution in [2.24, 2.45) is 11.7 Å². The smallest absolute Gasteiger partial charge is 0.273 e. The number of nitrogens with zero attached hydrogens (tertiary/aromatic N) is 2. The summed E-state index contributed by atoms with van der Waals surface area (Å²) in [4.78, 5) is 18.9. The highest BCUT2D eigenvalue weighted by molar-refractivity contribution is 7.13. The lowest BCUT2D eigenvalue weighted by Crippen LogP contribution is -2.40. The van der Waals surface area contributed by atoms with Gasteiger partial charge in [-0.2, -0.15) is 0 Å². The average molecular weight is 370 g/mol. The predicted octanol–water partition coefficient (Wildman–Crippen LogP) is 3.93. The molecule has 4 nitrogen and oxygen atoms in total. The summed E-state index contributed by atoms with van der Waals surface area (Å²) in [6.07, 6.45) is 1.93. The maximum absolute atomic E-state index is 12.6. The van der Waals surface area contributed by atoms with Crippen molar-refractivity contribution in [3.05, 3.63) is 39.3 Å². The molecule has 1 aromatic heterocycles. The zero-order valence-corrected chi connectivity index (χ0v) is 14.8. The average Bonchev–Trinajstić information content (AvgIpc) is 3.07. The standard InChI is InChI=1S/C16H17Cl2N3OS/c17-12-2-1-11(7-13(12)18)15-20-14(9-23-15)16(22)21-5-3-10(8-19)4-6-21/h1-2,7,9-10H,3-6,8,19H2. The first kappa shape index (κ1) is 16.7. The number of carbonyl (C=O) groups is 1. The Hall–Kier alpha value is -1.14. The van der Waals surface area contributed by atoms with E-state index in [1.165, 1.54) is 11.3 Å².